The largest absolute Gasteiger partial charge is 0.569 e. The molecule has 2 aliphatic rings. The number of benzene rings is 2. The number of halogens is 7. The molecule has 4 rings (SSSR count). The summed E-state index contributed by atoms with van der Waals surface area (Å²) in [6.07, 6.45) is -5.58. The highest BCUT2D eigenvalue weighted by molar-refractivity contribution is 9.10. The van der Waals surface area contributed by atoms with E-state index < -0.39 is 23.5 Å². The lowest BCUT2D eigenvalue weighted by Crippen LogP contribution is -2.13. The highest BCUT2D eigenvalue weighted by atomic mass is 79.9. The van der Waals surface area contributed by atoms with E-state index in [4.69, 9.17) is 9.68 Å². The van der Waals surface area contributed by atoms with E-state index in [0.29, 0.717) is 36.1 Å². The van der Waals surface area contributed by atoms with Crippen LogP contribution in [-0.4, -0.2) is 24.2 Å². The lowest BCUT2D eigenvalue weighted by molar-refractivity contribution is -0.140. The van der Waals surface area contributed by atoms with Crippen molar-refractivity contribution in [1.82, 2.24) is 0 Å². The first kappa shape index (κ1) is 31.1. The summed E-state index contributed by atoms with van der Waals surface area (Å²) >= 11 is 5.80. The molecule has 0 saturated heterocycles. The van der Waals surface area contributed by atoms with Gasteiger partial charge in [-0.2, -0.15) is 26.3 Å². The van der Waals surface area contributed by atoms with Gasteiger partial charge < -0.3 is 9.68 Å². The highest BCUT2D eigenvalue weighted by Crippen LogP contribution is 2.45. The van der Waals surface area contributed by atoms with Crippen LogP contribution in [0.3, 0.4) is 0 Å². The van der Waals surface area contributed by atoms with E-state index in [1.807, 2.05) is 0 Å². The van der Waals surface area contributed by atoms with Crippen LogP contribution in [0.4, 0.5) is 26.3 Å². The number of fused-ring (bicyclic) bond motifs is 2. The molecule has 0 atom stereocenters. The molecule has 2 aromatic rings. The molecule has 0 fully saturated rings. The summed E-state index contributed by atoms with van der Waals surface area (Å²) in [4.78, 5) is 0.631. The molecular weight excluding hydrogens is 565 g/mol. The second-order valence-corrected chi connectivity index (χ2v) is 10.0. The Kier molecular flexibility index (Phi) is 11.7. The highest BCUT2D eigenvalue weighted by Gasteiger charge is 2.37. The van der Waals surface area contributed by atoms with Crippen LogP contribution < -0.4 is 4.65 Å². The van der Waals surface area contributed by atoms with Gasteiger partial charge in [0.1, 0.15) is 5.75 Å². The third kappa shape index (κ3) is 7.27. The summed E-state index contributed by atoms with van der Waals surface area (Å²) in [6, 6.07) is 4.89. The molecule has 2 heterocycles. The van der Waals surface area contributed by atoms with E-state index in [9.17, 15) is 26.3 Å². The summed E-state index contributed by atoms with van der Waals surface area (Å²) < 4.78 is 82.0. The van der Waals surface area contributed by atoms with E-state index >= 15 is 0 Å². The van der Waals surface area contributed by atoms with E-state index in [-0.39, 0.29) is 19.7 Å². The Morgan fingerprint density at radius 3 is 1.76 bits per heavy atom. The van der Waals surface area contributed by atoms with Crippen molar-refractivity contribution in [1.29, 1.82) is 0 Å². The maximum absolute atomic E-state index is 12.8. The normalized spacial score (nSPS) is 14.8. The topological polar surface area (TPSA) is 29.5 Å². The predicted octanol–water partition coefficient (Wildman–Crippen LogP) is 8.43. The van der Waals surface area contributed by atoms with Crippen LogP contribution in [0.2, 0.25) is 0 Å². The van der Waals surface area contributed by atoms with Gasteiger partial charge in [0.25, 0.3) is 0 Å². The molecule has 12 heteroatoms. The summed E-state index contributed by atoms with van der Waals surface area (Å²) in [5.41, 5.74) is 0.218. The van der Waals surface area contributed by atoms with Gasteiger partial charge in [0, 0.05) is 19.8 Å². The van der Waals surface area contributed by atoms with Crippen molar-refractivity contribution in [3.63, 3.8) is 0 Å². The molecule has 0 spiro atoms. The molecule has 2 aliphatic heterocycles. The molecule has 0 aromatic heterocycles. The number of rotatable bonds is 2. The number of thioether (sulfide) groups is 2. The van der Waals surface area contributed by atoms with Crippen molar-refractivity contribution >= 4 is 47.1 Å². The second kappa shape index (κ2) is 12.8. The first-order valence-corrected chi connectivity index (χ1v) is 12.3. The minimum absolute atomic E-state index is 0. The summed E-state index contributed by atoms with van der Waals surface area (Å²) in [5, 5.41) is 8.57. The van der Waals surface area contributed by atoms with Crippen LogP contribution in [0.1, 0.15) is 49.9 Å². The number of hydrogen-bond donors (Lipinski definition) is 1. The van der Waals surface area contributed by atoms with Gasteiger partial charge in [0.15, 0.2) is 0 Å². The molecule has 0 unspecified atom stereocenters. The van der Waals surface area contributed by atoms with Gasteiger partial charge in [-0.05, 0) is 67.0 Å². The Labute approximate surface area is 213 Å². The summed E-state index contributed by atoms with van der Waals surface area (Å²) in [6.45, 7) is 0. The molecule has 2 nitrogen and oxygen atoms in total. The van der Waals surface area contributed by atoms with Crippen LogP contribution in [0.5, 0.6) is 5.75 Å². The molecule has 34 heavy (non-hydrogen) atoms. The molecule has 2 aromatic carbocycles. The van der Waals surface area contributed by atoms with Gasteiger partial charge >= 0.3 is 20.0 Å². The Balaban J connectivity index is 0.000000323. The predicted molar refractivity (Wildman–Crippen MR) is 131 cm³/mol. The maximum Gasteiger partial charge on any atom is 0.569 e. The fourth-order valence-electron chi connectivity index (χ4n) is 3.47. The van der Waals surface area contributed by atoms with Gasteiger partial charge in [-0.15, -0.1) is 23.5 Å². The van der Waals surface area contributed by atoms with Gasteiger partial charge in [-0.25, -0.2) is 0 Å². The van der Waals surface area contributed by atoms with Crippen LogP contribution in [0.25, 0.3) is 0 Å². The quantitative estimate of drug-likeness (QED) is 0.281. The second-order valence-electron chi connectivity index (χ2n) is 6.94. The number of hydrogen-bond acceptors (Lipinski definition) is 4. The molecule has 0 aliphatic carbocycles. The van der Waals surface area contributed by atoms with E-state index in [1.54, 1.807) is 0 Å². The Hall–Kier alpha value is -0.975. The molecule has 189 valence electrons. The Morgan fingerprint density at radius 2 is 1.26 bits per heavy atom. The fraction of sp³-hybridized carbons (Fsp3) is 0.455. The minimum atomic E-state index is -4.35. The van der Waals surface area contributed by atoms with Gasteiger partial charge in [0.05, 0.1) is 11.1 Å². The third-order valence-corrected chi connectivity index (χ3v) is 8.08. The van der Waals surface area contributed by atoms with Crippen molar-refractivity contribution in [2.45, 2.75) is 62.7 Å². The van der Waals surface area contributed by atoms with E-state index in [0.717, 1.165) is 47.2 Å². The average molecular weight is 590 g/mol. The smallest absolute Gasteiger partial charge is 0.537 e. The fourth-order valence-corrected chi connectivity index (χ4v) is 6.56. The van der Waals surface area contributed by atoms with Gasteiger partial charge in [0.2, 0.25) is 0 Å². The average Bonchev–Trinajstić information content (AvgIpc) is 2.73. The SMILES string of the molecule is C.C.FC(F)(F)c1ccc(Br)c2c1SCCC2.O[B]Oc1ccc(C(F)(F)F)c2c1CCCS2. The molecule has 1 radical (unpaired) electrons. The zero-order valence-electron chi connectivity index (χ0n) is 16.4. The van der Waals surface area contributed by atoms with Gasteiger partial charge in [-0.1, -0.05) is 30.8 Å². The van der Waals surface area contributed by atoms with Crippen LogP contribution in [-0.2, 0) is 25.2 Å². The van der Waals surface area contributed by atoms with Crippen molar-refractivity contribution in [2.75, 3.05) is 11.5 Å². The zero-order valence-corrected chi connectivity index (χ0v) is 19.7. The van der Waals surface area contributed by atoms with E-state index in [2.05, 4.69) is 15.9 Å². The monoisotopic (exact) mass is 589 g/mol. The van der Waals surface area contributed by atoms with Crippen molar-refractivity contribution in [3.8, 4) is 5.75 Å². The van der Waals surface area contributed by atoms with Crippen molar-refractivity contribution in [3.05, 3.63) is 51.0 Å². The molecular formula is C22H25BBrF6O2S2. The summed E-state index contributed by atoms with van der Waals surface area (Å²) in [5.74, 6) is 1.73. The van der Waals surface area contributed by atoms with Crippen LogP contribution >= 0.6 is 39.5 Å². The van der Waals surface area contributed by atoms with Crippen LogP contribution in [0, 0.1) is 0 Å². The first-order chi connectivity index (χ1) is 15.0. The molecule has 0 amide bonds. The first-order valence-electron chi connectivity index (χ1n) is 9.53. The molecule has 0 bridgehead atoms. The van der Waals surface area contributed by atoms with E-state index in [1.165, 1.54) is 35.7 Å². The molecule has 0 saturated carbocycles. The summed E-state index contributed by atoms with van der Waals surface area (Å²) in [7, 11) is 0.488. The van der Waals surface area contributed by atoms with Crippen LogP contribution in [0.15, 0.2) is 38.5 Å². The lowest BCUT2D eigenvalue weighted by atomic mass is 10.0. The van der Waals surface area contributed by atoms with Crippen molar-refractivity contribution in [2.24, 2.45) is 0 Å². The third-order valence-electron chi connectivity index (χ3n) is 4.85. The lowest BCUT2D eigenvalue weighted by Gasteiger charge is -2.22. The maximum atomic E-state index is 12.8. The standard InChI is InChI=1S/C10H9BF3O2S.C10H8BrF3S.2CH4/c12-10(13,14)7-3-4-8(16-11-15)6-2-1-5-17-9(6)7;11-8-4-3-7(10(12,13)14)9-6(8)2-1-5-15-9;;/h3-4,15H,1-2,5H2;3-4H,1-2,5H2;2*1H4. The van der Waals surface area contributed by atoms with Gasteiger partial charge in [-0.3, -0.25) is 0 Å². The number of alkyl halides is 6. The van der Waals surface area contributed by atoms with Crippen molar-refractivity contribution < 1.29 is 36.0 Å². The Morgan fingerprint density at radius 1 is 0.794 bits per heavy atom. The zero-order chi connectivity index (χ0) is 23.5. The Bertz CT molecular complexity index is 970. The minimum Gasteiger partial charge on any atom is -0.537 e. The molecule has 1 N–H and O–H groups in total.